The molecule has 2 aromatic carbocycles. The molecule has 4 nitrogen and oxygen atoms in total. The number of ether oxygens (including phenoxy) is 2. The highest BCUT2D eigenvalue weighted by Gasteiger charge is 2.21. The summed E-state index contributed by atoms with van der Waals surface area (Å²) < 4.78 is 24.6. The van der Waals surface area contributed by atoms with Gasteiger partial charge in [0.2, 0.25) is 0 Å². The minimum atomic E-state index is -0.128. The van der Waals surface area contributed by atoms with Gasteiger partial charge in [0.05, 0.1) is 52.6 Å². The minimum Gasteiger partial charge on any atom is -1.00 e. The highest BCUT2D eigenvalue weighted by molar-refractivity contribution is 5.47. The molecule has 6 heteroatoms. The first-order chi connectivity index (χ1) is 12.2. The number of nitrogens with zero attached hydrogens (tertiary/aromatic N) is 1. The summed E-state index contributed by atoms with van der Waals surface area (Å²) in [4.78, 5) is 3.71. The van der Waals surface area contributed by atoms with Crippen LogP contribution in [-0.4, -0.2) is 46.9 Å². The monoisotopic (exact) mass is 380 g/mol. The van der Waals surface area contributed by atoms with Crippen molar-refractivity contribution in [3.8, 4) is 11.5 Å². The first-order valence-corrected chi connectivity index (χ1v) is 8.75. The first kappa shape index (κ1) is 20.3. The summed E-state index contributed by atoms with van der Waals surface area (Å²) in [5.74, 6) is 1.41. The average molecular weight is 381 g/mol. The topological polar surface area (TPSA) is 26.1 Å². The van der Waals surface area contributed by atoms with Crippen LogP contribution >= 0.6 is 0 Å². The van der Waals surface area contributed by atoms with Crippen LogP contribution in [0.3, 0.4) is 0 Å². The van der Waals surface area contributed by atoms with Gasteiger partial charge in [-0.3, -0.25) is 0 Å². The number of halogens is 2. The zero-order valence-corrected chi connectivity index (χ0v) is 16.1. The summed E-state index contributed by atoms with van der Waals surface area (Å²) in [7, 11) is 3.31. The van der Waals surface area contributed by atoms with E-state index in [9.17, 15) is 4.39 Å². The second-order valence-electron chi connectivity index (χ2n) is 6.38. The summed E-state index contributed by atoms with van der Waals surface area (Å²) in [5.41, 5.74) is 1.98. The number of hydrogen-bond donors (Lipinski definition) is 1. The fourth-order valence-corrected chi connectivity index (χ4v) is 3.38. The quantitative estimate of drug-likeness (QED) is 0.681. The van der Waals surface area contributed by atoms with E-state index < -0.39 is 0 Å². The van der Waals surface area contributed by atoms with Crippen LogP contribution in [0.5, 0.6) is 11.5 Å². The average Bonchev–Trinajstić information content (AvgIpc) is 2.67. The van der Waals surface area contributed by atoms with Crippen LogP contribution in [0.4, 0.5) is 10.1 Å². The summed E-state index contributed by atoms with van der Waals surface area (Å²) in [6, 6.07) is 13.1. The minimum absolute atomic E-state index is 0. The molecule has 1 heterocycles. The van der Waals surface area contributed by atoms with Crippen LogP contribution in [-0.2, 0) is 6.42 Å². The van der Waals surface area contributed by atoms with E-state index in [1.807, 2.05) is 24.3 Å². The van der Waals surface area contributed by atoms with Gasteiger partial charge in [-0.25, -0.2) is 4.39 Å². The Hall–Kier alpha value is -1.98. The fourth-order valence-electron chi connectivity index (χ4n) is 3.38. The summed E-state index contributed by atoms with van der Waals surface area (Å²) in [5, 5.41) is 0. The molecule has 0 radical (unpaired) electrons. The van der Waals surface area contributed by atoms with Crippen molar-refractivity contribution in [3.05, 3.63) is 53.8 Å². The Labute approximate surface area is 160 Å². The van der Waals surface area contributed by atoms with Crippen molar-refractivity contribution >= 4 is 5.69 Å². The van der Waals surface area contributed by atoms with Crippen LogP contribution in [0.15, 0.2) is 42.5 Å². The van der Waals surface area contributed by atoms with Crippen molar-refractivity contribution in [1.29, 1.82) is 0 Å². The molecular formula is C20H26ClFN2O2. The maximum absolute atomic E-state index is 13.9. The van der Waals surface area contributed by atoms with Gasteiger partial charge in [-0.15, -0.1) is 0 Å². The van der Waals surface area contributed by atoms with Gasteiger partial charge in [0.15, 0.2) is 11.5 Å². The molecule has 3 rings (SSSR count). The third-order valence-electron chi connectivity index (χ3n) is 4.88. The predicted octanol–water partition coefficient (Wildman–Crippen LogP) is -1.21. The van der Waals surface area contributed by atoms with Crippen molar-refractivity contribution in [2.24, 2.45) is 0 Å². The highest BCUT2D eigenvalue weighted by atomic mass is 35.5. The summed E-state index contributed by atoms with van der Waals surface area (Å²) in [6.45, 7) is 4.91. The van der Waals surface area contributed by atoms with Crippen molar-refractivity contribution in [1.82, 2.24) is 0 Å². The maximum Gasteiger partial charge on any atom is 0.160 e. The molecule has 142 valence electrons. The molecule has 0 bridgehead atoms. The number of piperazine rings is 1. The number of benzene rings is 2. The zero-order valence-electron chi connectivity index (χ0n) is 15.3. The third kappa shape index (κ3) is 4.80. The van der Waals surface area contributed by atoms with Crippen molar-refractivity contribution in [3.63, 3.8) is 0 Å². The molecule has 0 amide bonds. The second kappa shape index (κ2) is 9.64. The number of quaternary nitrogens is 1. The summed E-state index contributed by atoms with van der Waals surface area (Å²) in [6.07, 6.45) is 0.995. The van der Waals surface area contributed by atoms with Crippen molar-refractivity contribution in [2.75, 3.05) is 51.8 Å². The van der Waals surface area contributed by atoms with Gasteiger partial charge in [-0.05, 0) is 29.8 Å². The van der Waals surface area contributed by atoms with E-state index in [1.54, 1.807) is 25.2 Å². The van der Waals surface area contributed by atoms with Gasteiger partial charge < -0.3 is 31.7 Å². The molecule has 1 fully saturated rings. The second-order valence-corrected chi connectivity index (χ2v) is 6.38. The fraction of sp³-hybridized carbons (Fsp3) is 0.400. The van der Waals surface area contributed by atoms with Crippen molar-refractivity contribution < 1.29 is 31.2 Å². The lowest BCUT2D eigenvalue weighted by atomic mass is 10.1. The SMILES string of the molecule is COc1ccc(CC[NH+]2CCN(c3ccccc3F)CC2)cc1OC.[Cl-]. The third-order valence-corrected chi connectivity index (χ3v) is 4.88. The Morgan fingerprint density at radius 1 is 1.00 bits per heavy atom. The van der Waals surface area contributed by atoms with E-state index in [0.29, 0.717) is 0 Å². The van der Waals surface area contributed by atoms with Crippen LogP contribution in [0.2, 0.25) is 0 Å². The van der Waals surface area contributed by atoms with Gasteiger partial charge in [-0.1, -0.05) is 18.2 Å². The molecule has 0 atom stereocenters. The largest absolute Gasteiger partial charge is 1.00 e. The zero-order chi connectivity index (χ0) is 17.6. The molecule has 26 heavy (non-hydrogen) atoms. The molecule has 0 saturated carbocycles. The Kier molecular flexibility index (Phi) is 7.54. The van der Waals surface area contributed by atoms with Gasteiger partial charge in [0, 0.05) is 6.42 Å². The molecule has 2 aromatic rings. The Bertz CT molecular complexity index is 706. The van der Waals surface area contributed by atoms with Crippen LogP contribution in [0.25, 0.3) is 0 Å². The van der Waals surface area contributed by atoms with E-state index in [2.05, 4.69) is 11.0 Å². The number of methoxy groups -OCH3 is 2. The maximum atomic E-state index is 13.9. The molecule has 1 N–H and O–H groups in total. The Morgan fingerprint density at radius 2 is 1.69 bits per heavy atom. The Balaban J connectivity index is 0.00000243. The predicted molar refractivity (Wildman–Crippen MR) is 97.4 cm³/mol. The normalized spacial score (nSPS) is 14.7. The molecule has 1 aliphatic rings. The lowest BCUT2D eigenvalue weighted by Crippen LogP contribution is -3.15. The van der Waals surface area contributed by atoms with Crippen LogP contribution in [0.1, 0.15) is 5.56 Å². The van der Waals surface area contributed by atoms with Gasteiger partial charge in [-0.2, -0.15) is 0 Å². The van der Waals surface area contributed by atoms with E-state index in [4.69, 9.17) is 9.47 Å². The molecule has 1 aliphatic heterocycles. The molecule has 0 aliphatic carbocycles. The molecular weight excluding hydrogens is 355 g/mol. The van der Waals surface area contributed by atoms with E-state index in [1.165, 1.54) is 11.6 Å². The van der Waals surface area contributed by atoms with Gasteiger partial charge in [0.1, 0.15) is 5.82 Å². The van der Waals surface area contributed by atoms with Crippen molar-refractivity contribution in [2.45, 2.75) is 6.42 Å². The number of rotatable bonds is 6. The molecule has 0 spiro atoms. The standard InChI is InChI=1S/C20H25FN2O2.ClH/c1-24-19-8-7-16(15-20(19)25-2)9-10-22-11-13-23(14-12-22)18-6-4-3-5-17(18)21;/h3-8,15H,9-14H2,1-2H3;1H. The number of nitrogens with one attached hydrogen (secondary N) is 1. The van der Waals surface area contributed by atoms with Crippen LogP contribution in [0, 0.1) is 5.82 Å². The van der Waals surface area contributed by atoms with E-state index in [-0.39, 0.29) is 18.2 Å². The lowest BCUT2D eigenvalue weighted by molar-refractivity contribution is -0.900. The van der Waals surface area contributed by atoms with Gasteiger partial charge in [0.25, 0.3) is 0 Å². The number of anilines is 1. The van der Waals surface area contributed by atoms with Crippen LogP contribution < -0.4 is 31.7 Å². The first-order valence-electron chi connectivity index (χ1n) is 8.75. The molecule has 1 saturated heterocycles. The van der Waals surface area contributed by atoms with E-state index in [0.717, 1.165) is 56.3 Å². The lowest BCUT2D eigenvalue weighted by Gasteiger charge is -2.33. The number of para-hydroxylation sites is 1. The highest BCUT2D eigenvalue weighted by Crippen LogP contribution is 2.27. The summed E-state index contributed by atoms with van der Waals surface area (Å²) >= 11 is 0. The Morgan fingerprint density at radius 3 is 2.35 bits per heavy atom. The van der Waals surface area contributed by atoms with Gasteiger partial charge >= 0.3 is 0 Å². The molecule has 0 unspecified atom stereocenters. The smallest absolute Gasteiger partial charge is 0.160 e. The molecule has 0 aromatic heterocycles. The number of hydrogen-bond acceptors (Lipinski definition) is 3. The van der Waals surface area contributed by atoms with E-state index >= 15 is 0 Å².